The quantitative estimate of drug-likeness (QED) is 0.940. The van der Waals surface area contributed by atoms with Gasteiger partial charge in [0.2, 0.25) is 0 Å². The number of imidazole rings is 1. The van der Waals surface area contributed by atoms with E-state index >= 15 is 0 Å². The van der Waals surface area contributed by atoms with Crippen LogP contribution in [0.5, 0.6) is 0 Å². The number of hydrogen-bond acceptors (Lipinski definition) is 3. The number of anilines is 1. The summed E-state index contributed by atoms with van der Waals surface area (Å²) in [6, 6.07) is 8.51. The van der Waals surface area contributed by atoms with Gasteiger partial charge in [0.05, 0.1) is 17.7 Å². The molecule has 0 amide bonds. The molecule has 1 aromatic carbocycles. The number of aromatic nitrogens is 2. The number of nitrogens with zero attached hydrogens (tertiary/aromatic N) is 3. The Morgan fingerprint density at radius 2 is 1.90 bits per heavy atom. The molecule has 1 fully saturated rings. The minimum Gasteiger partial charge on any atom is -0.376 e. The molecule has 1 aromatic heterocycles. The van der Waals surface area contributed by atoms with Crippen LogP contribution in [0.4, 0.5) is 5.69 Å². The fourth-order valence-corrected chi connectivity index (χ4v) is 3.21. The van der Waals surface area contributed by atoms with E-state index in [0.29, 0.717) is 0 Å². The molecule has 2 heterocycles. The maximum absolute atomic E-state index is 4.44. The van der Waals surface area contributed by atoms with Crippen LogP contribution >= 0.6 is 0 Å². The second kappa shape index (κ2) is 5.53. The van der Waals surface area contributed by atoms with Crippen molar-refractivity contribution in [3.8, 4) is 5.69 Å². The molecule has 0 radical (unpaired) electrons. The fraction of sp³-hybridized carbons (Fsp3) is 0.471. The summed E-state index contributed by atoms with van der Waals surface area (Å²) in [5.41, 5.74) is 3.93. The Morgan fingerprint density at radius 1 is 1.19 bits per heavy atom. The highest BCUT2D eigenvalue weighted by Gasteiger charge is 2.32. The monoisotopic (exact) mass is 284 g/mol. The van der Waals surface area contributed by atoms with E-state index in [2.05, 4.69) is 65.1 Å². The Morgan fingerprint density at radius 3 is 2.62 bits per heavy atom. The van der Waals surface area contributed by atoms with Gasteiger partial charge < -0.3 is 14.8 Å². The molecule has 1 aliphatic rings. The molecule has 0 spiro atoms. The minimum atomic E-state index is 0.196. The summed E-state index contributed by atoms with van der Waals surface area (Å²) >= 11 is 0. The maximum atomic E-state index is 4.44. The second-order valence-electron chi connectivity index (χ2n) is 6.34. The van der Waals surface area contributed by atoms with Gasteiger partial charge in [-0.3, -0.25) is 0 Å². The summed E-state index contributed by atoms with van der Waals surface area (Å²) in [6.07, 6.45) is 6.30. The topological polar surface area (TPSA) is 33.1 Å². The summed E-state index contributed by atoms with van der Waals surface area (Å²) in [4.78, 5) is 6.60. The molecule has 0 aliphatic carbocycles. The Kier molecular flexibility index (Phi) is 3.72. The summed E-state index contributed by atoms with van der Waals surface area (Å²) in [7, 11) is 4.17. The first-order chi connectivity index (χ1) is 10.1. The smallest absolute Gasteiger partial charge is 0.0995 e. The third kappa shape index (κ3) is 2.56. The Bertz CT molecular complexity index is 609. The third-order valence-electron chi connectivity index (χ3n) is 4.59. The van der Waals surface area contributed by atoms with Gasteiger partial charge in [0.25, 0.3) is 0 Å². The molecule has 0 saturated carbocycles. The van der Waals surface area contributed by atoms with Crippen molar-refractivity contribution in [3.63, 3.8) is 0 Å². The molecule has 2 aromatic rings. The highest BCUT2D eigenvalue weighted by Crippen LogP contribution is 2.35. The van der Waals surface area contributed by atoms with Crippen LogP contribution in [0.2, 0.25) is 0 Å². The van der Waals surface area contributed by atoms with Crippen molar-refractivity contribution < 1.29 is 0 Å². The Hall–Kier alpha value is -1.81. The van der Waals surface area contributed by atoms with E-state index in [1.165, 1.54) is 17.1 Å². The molecule has 1 saturated heterocycles. The molecule has 4 heteroatoms. The van der Waals surface area contributed by atoms with Crippen molar-refractivity contribution in [2.24, 2.45) is 0 Å². The largest absolute Gasteiger partial charge is 0.376 e. The van der Waals surface area contributed by atoms with E-state index in [0.717, 1.165) is 25.9 Å². The minimum absolute atomic E-state index is 0.196. The first-order valence-corrected chi connectivity index (χ1v) is 7.62. The molecular formula is C17H24N4. The van der Waals surface area contributed by atoms with Crippen LogP contribution in [0.15, 0.2) is 36.8 Å². The van der Waals surface area contributed by atoms with E-state index < -0.39 is 0 Å². The zero-order chi connectivity index (χ0) is 14.9. The number of rotatable bonds is 3. The van der Waals surface area contributed by atoms with E-state index in [1.54, 1.807) is 0 Å². The van der Waals surface area contributed by atoms with Crippen molar-refractivity contribution in [1.29, 1.82) is 0 Å². The molecule has 1 aliphatic heterocycles. The molecule has 4 nitrogen and oxygen atoms in total. The first kappa shape index (κ1) is 14.1. The molecule has 0 unspecified atom stereocenters. The molecule has 1 N–H and O–H groups in total. The number of piperidine rings is 1. The van der Waals surface area contributed by atoms with E-state index in [-0.39, 0.29) is 5.41 Å². The summed E-state index contributed by atoms with van der Waals surface area (Å²) in [6.45, 7) is 4.52. The van der Waals surface area contributed by atoms with Crippen LogP contribution in [0.25, 0.3) is 5.69 Å². The zero-order valence-corrected chi connectivity index (χ0v) is 13.1. The summed E-state index contributed by atoms with van der Waals surface area (Å²) in [5, 5.41) is 3.45. The lowest BCUT2D eigenvalue weighted by atomic mass is 9.78. The number of nitrogens with one attached hydrogen (secondary N) is 1. The molecule has 0 atom stereocenters. The molecule has 3 rings (SSSR count). The zero-order valence-electron chi connectivity index (χ0n) is 13.1. The highest BCUT2D eigenvalue weighted by molar-refractivity contribution is 5.62. The standard InChI is InChI=1S/C17H24N4/c1-17(8-10-18-11-9-17)16-12-19-13-21(16)15-7-5-4-6-14(15)20(2)3/h4-7,12-13,18H,8-11H2,1-3H3. The predicted molar refractivity (Wildman–Crippen MR) is 87.3 cm³/mol. The molecule has 21 heavy (non-hydrogen) atoms. The van der Waals surface area contributed by atoms with Crippen molar-refractivity contribution in [3.05, 3.63) is 42.5 Å². The molecule has 112 valence electrons. The van der Waals surface area contributed by atoms with E-state index in [1.807, 2.05) is 12.5 Å². The lowest BCUT2D eigenvalue weighted by Gasteiger charge is -2.35. The lowest BCUT2D eigenvalue weighted by molar-refractivity contribution is 0.324. The van der Waals surface area contributed by atoms with Gasteiger partial charge in [0.15, 0.2) is 0 Å². The van der Waals surface area contributed by atoms with Gasteiger partial charge in [0, 0.05) is 31.4 Å². The summed E-state index contributed by atoms with van der Waals surface area (Å²) in [5.74, 6) is 0. The van der Waals surface area contributed by atoms with Crippen LogP contribution in [0.1, 0.15) is 25.5 Å². The average Bonchev–Trinajstić information content (AvgIpc) is 2.98. The van der Waals surface area contributed by atoms with Gasteiger partial charge in [-0.05, 0) is 38.1 Å². The SMILES string of the molecule is CN(C)c1ccccc1-n1cncc1C1(C)CCNCC1. The van der Waals surface area contributed by atoms with Crippen LogP contribution in [0, 0.1) is 0 Å². The number of hydrogen-bond donors (Lipinski definition) is 1. The fourth-order valence-electron chi connectivity index (χ4n) is 3.21. The Balaban J connectivity index is 2.07. The van der Waals surface area contributed by atoms with Crippen LogP contribution < -0.4 is 10.2 Å². The summed E-state index contributed by atoms with van der Waals surface area (Å²) < 4.78 is 2.26. The van der Waals surface area contributed by atoms with Gasteiger partial charge in [-0.1, -0.05) is 19.1 Å². The van der Waals surface area contributed by atoms with Crippen molar-refractivity contribution in [2.45, 2.75) is 25.2 Å². The van der Waals surface area contributed by atoms with Crippen molar-refractivity contribution in [1.82, 2.24) is 14.9 Å². The number of benzene rings is 1. The maximum Gasteiger partial charge on any atom is 0.0995 e. The van der Waals surface area contributed by atoms with Gasteiger partial charge in [-0.2, -0.15) is 0 Å². The van der Waals surface area contributed by atoms with Crippen molar-refractivity contribution >= 4 is 5.69 Å². The predicted octanol–water partition coefficient (Wildman–Crippen LogP) is 2.58. The van der Waals surface area contributed by atoms with Crippen LogP contribution in [-0.2, 0) is 5.41 Å². The average molecular weight is 284 g/mol. The molecule has 0 bridgehead atoms. The second-order valence-corrected chi connectivity index (χ2v) is 6.34. The van der Waals surface area contributed by atoms with Gasteiger partial charge in [-0.25, -0.2) is 4.98 Å². The normalized spacial score (nSPS) is 17.7. The van der Waals surface area contributed by atoms with Gasteiger partial charge >= 0.3 is 0 Å². The third-order valence-corrected chi connectivity index (χ3v) is 4.59. The molecular weight excluding hydrogens is 260 g/mol. The first-order valence-electron chi connectivity index (χ1n) is 7.62. The van der Waals surface area contributed by atoms with E-state index in [9.17, 15) is 0 Å². The van der Waals surface area contributed by atoms with Crippen LogP contribution in [0.3, 0.4) is 0 Å². The highest BCUT2D eigenvalue weighted by atomic mass is 15.1. The van der Waals surface area contributed by atoms with Gasteiger partial charge in [0.1, 0.15) is 0 Å². The Labute approximate surface area is 126 Å². The number of para-hydroxylation sites is 2. The lowest BCUT2D eigenvalue weighted by Crippen LogP contribution is -2.38. The van der Waals surface area contributed by atoms with Gasteiger partial charge in [-0.15, -0.1) is 0 Å². The van der Waals surface area contributed by atoms with Crippen molar-refractivity contribution in [2.75, 3.05) is 32.1 Å². The van der Waals surface area contributed by atoms with Crippen LogP contribution in [-0.4, -0.2) is 36.7 Å². The van der Waals surface area contributed by atoms with E-state index in [4.69, 9.17) is 0 Å².